The average Bonchev–Trinajstić information content (AvgIpc) is 2.84. The molecule has 0 aliphatic rings. The minimum Gasteiger partial charge on any atom is -0.350 e. The van der Waals surface area contributed by atoms with Crippen molar-refractivity contribution in [3.05, 3.63) is 36.0 Å². The SMILES string of the molecule is Cn1cnc(CCNC(=O)c2cccc(NN)n2)n1. The van der Waals surface area contributed by atoms with Gasteiger partial charge >= 0.3 is 0 Å². The van der Waals surface area contributed by atoms with Crippen LogP contribution in [0.5, 0.6) is 0 Å². The fraction of sp³-hybridized carbons (Fsp3) is 0.273. The van der Waals surface area contributed by atoms with Crippen LogP contribution in [0.1, 0.15) is 16.3 Å². The predicted molar refractivity (Wildman–Crippen MR) is 69.1 cm³/mol. The topological polar surface area (TPSA) is 111 Å². The fourth-order valence-electron chi connectivity index (χ4n) is 1.52. The molecule has 2 heterocycles. The molecule has 4 N–H and O–H groups in total. The summed E-state index contributed by atoms with van der Waals surface area (Å²) >= 11 is 0. The summed E-state index contributed by atoms with van der Waals surface area (Å²) in [6.45, 7) is 0.449. The van der Waals surface area contributed by atoms with Gasteiger partial charge in [0.15, 0.2) is 5.82 Å². The highest BCUT2D eigenvalue weighted by Gasteiger charge is 2.07. The number of nitrogens with one attached hydrogen (secondary N) is 2. The van der Waals surface area contributed by atoms with Gasteiger partial charge in [0.05, 0.1) is 0 Å². The highest BCUT2D eigenvalue weighted by molar-refractivity contribution is 5.92. The van der Waals surface area contributed by atoms with E-state index in [0.29, 0.717) is 30.3 Å². The van der Waals surface area contributed by atoms with Gasteiger partial charge in [-0.15, -0.1) is 0 Å². The largest absolute Gasteiger partial charge is 0.350 e. The number of aryl methyl sites for hydroxylation is 1. The lowest BCUT2D eigenvalue weighted by Gasteiger charge is -2.04. The Morgan fingerprint density at radius 3 is 3.00 bits per heavy atom. The molecule has 100 valence electrons. The second-order valence-corrected chi connectivity index (χ2v) is 3.89. The predicted octanol–water partition coefficient (Wildman–Crippen LogP) is -0.532. The van der Waals surface area contributed by atoms with Crippen LogP contribution in [0.25, 0.3) is 0 Å². The van der Waals surface area contributed by atoms with Crippen molar-refractivity contribution in [2.45, 2.75) is 6.42 Å². The van der Waals surface area contributed by atoms with Crippen LogP contribution in [0.15, 0.2) is 24.5 Å². The van der Waals surface area contributed by atoms with Crippen LogP contribution >= 0.6 is 0 Å². The number of nitrogen functional groups attached to an aromatic ring is 1. The summed E-state index contributed by atoms with van der Waals surface area (Å²) in [7, 11) is 1.80. The zero-order valence-corrected chi connectivity index (χ0v) is 10.5. The van der Waals surface area contributed by atoms with Crippen LogP contribution in [0.2, 0.25) is 0 Å². The maximum Gasteiger partial charge on any atom is 0.269 e. The van der Waals surface area contributed by atoms with E-state index >= 15 is 0 Å². The van der Waals surface area contributed by atoms with E-state index in [4.69, 9.17) is 5.84 Å². The van der Waals surface area contributed by atoms with Gasteiger partial charge in [-0.25, -0.2) is 15.8 Å². The first-order valence-electron chi connectivity index (χ1n) is 5.75. The number of hydrogen-bond donors (Lipinski definition) is 3. The molecule has 0 spiro atoms. The molecule has 0 aliphatic heterocycles. The smallest absolute Gasteiger partial charge is 0.269 e. The highest BCUT2D eigenvalue weighted by atomic mass is 16.1. The summed E-state index contributed by atoms with van der Waals surface area (Å²) in [5.74, 6) is 6.11. The number of hydrogen-bond acceptors (Lipinski definition) is 6. The van der Waals surface area contributed by atoms with Crippen molar-refractivity contribution in [3.63, 3.8) is 0 Å². The molecule has 0 aromatic carbocycles. The van der Waals surface area contributed by atoms with Gasteiger partial charge in [-0.3, -0.25) is 9.48 Å². The number of nitrogens with two attached hydrogens (primary N) is 1. The Labute approximate surface area is 110 Å². The van der Waals surface area contributed by atoms with Crippen LogP contribution in [0, 0.1) is 0 Å². The second kappa shape index (κ2) is 5.91. The number of hydrazine groups is 1. The van der Waals surface area contributed by atoms with Gasteiger partial charge in [-0.05, 0) is 12.1 Å². The maximum absolute atomic E-state index is 11.8. The lowest BCUT2D eigenvalue weighted by Crippen LogP contribution is -2.27. The summed E-state index contributed by atoms with van der Waals surface area (Å²) in [6.07, 6.45) is 2.19. The molecule has 19 heavy (non-hydrogen) atoms. The molecule has 0 atom stereocenters. The first kappa shape index (κ1) is 13.0. The molecule has 8 heteroatoms. The van der Waals surface area contributed by atoms with Crippen molar-refractivity contribution in [2.24, 2.45) is 12.9 Å². The number of nitrogens with zero attached hydrogens (tertiary/aromatic N) is 4. The normalized spacial score (nSPS) is 10.2. The second-order valence-electron chi connectivity index (χ2n) is 3.89. The first-order chi connectivity index (χ1) is 9.19. The maximum atomic E-state index is 11.8. The zero-order chi connectivity index (χ0) is 13.7. The molecule has 2 rings (SSSR count). The number of rotatable bonds is 5. The number of carbonyl (C=O) groups excluding carboxylic acids is 1. The molecule has 0 saturated carbocycles. The molecule has 2 aromatic rings. The Hall–Kier alpha value is -2.48. The van der Waals surface area contributed by atoms with Gasteiger partial charge < -0.3 is 10.7 Å². The molecule has 2 aromatic heterocycles. The number of pyridine rings is 1. The minimum atomic E-state index is -0.256. The Bertz CT molecular complexity index is 566. The van der Waals surface area contributed by atoms with Gasteiger partial charge in [0.25, 0.3) is 5.91 Å². The van der Waals surface area contributed by atoms with E-state index < -0.39 is 0 Å². The van der Waals surface area contributed by atoms with Crippen molar-refractivity contribution >= 4 is 11.7 Å². The monoisotopic (exact) mass is 261 g/mol. The van der Waals surface area contributed by atoms with Gasteiger partial charge in [0.2, 0.25) is 0 Å². The third-order valence-corrected chi connectivity index (χ3v) is 2.41. The van der Waals surface area contributed by atoms with Gasteiger partial charge in [0, 0.05) is 20.0 Å². The third kappa shape index (κ3) is 3.49. The Morgan fingerprint density at radius 1 is 1.47 bits per heavy atom. The molecule has 0 fully saturated rings. The minimum absolute atomic E-state index is 0.256. The lowest BCUT2D eigenvalue weighted by atomic mass is 10.3. The van der Waals surface area contributed by atoms with Crippen LogP contribution < -0.4 is 16.6 Å². The quantitative estimate of drug-likeness (QED) is 0.493. The molecule has 0 radical (unpaired) electrons. The van der Waals surface area contributed by atoms with Crippen LogP contribution in [-0.2, 0) is 13.5 Å². The van der Waals surface area contributed by atoms with Crippen molar-refractivity contribution in [1.82, 2.24) is 25.1 Å². The highest BCUT2D eigenvalue weighted by Crippen LogP contribution is 2.02. The molecule has 0 saturated heterocycles. The van der Waals surface area contributed by atoms with E-state index in [-0.39, 0.29) is 5.91 Å². The van der Waals surface area contributed by atoms with E-state index in [0.717, 1.165) is 0 Å². The van der Waals surface area contributed by atoms with Crippen LogP contribution in [0.3, 0.4) is 0 Å². The first-order valence-corrected chi connectivity index (χ1v) is 5.75. The van der Waals surface area contributed by atoms with E-state index in [9.17, 15) is 4.79 Å². The summed E-state index contributed by atoms with van der Waals surface area (Å²) in [5.41, 5.74) is 2.70. The molecular weight excluding hydrogens is 246 g/mol. The summed E-state index contributed by atoms with van der Waals surface area (Å²) < 4.78 is 1.62. The Kier molecular flexibility index (Phi) is 4.04. The van der Waals surface area contributed by atoms with Crippen LogP contribution in [0.4, 0.5) is 5.82 Å². The Morgan fingerprint density at radius 2 is 2.32 bits per heavy atom. The number of amides is 1. The average molecular weight is 261 g/mol. The van der Waals surface area contributed by atoms with E-state index in [1.165, 1.54) is 0 Å². The van der Waals surface area contributed by atoms with E-state index in [1.807, 2.05) is 0 Å². The molecule has 8 nitrogen and oxygen atoms in total. The molecule has 1 amide bonds. The van der Waals surface area contributed by atoms with Gasteiger partial charge in [-0.2, -0.15) is 5.10 Å². The number of aromatic nitrogens is 4. The van der Waals surface area contributed by atoms with E-state index in [1.54, 1.807) is 36.3 Å². The Balaban J connectivity index is 1.87. The summed E-state index contributed by atoms with van der Waals surface area (Å²) in [6, 6.07) is 5.00. The molecular formula is C11H15N7O. The zero-order valence-electron chi connectivity index (χ0n) is 10.5. The van der Waals surface area contributed by atoms with E-state index in [2.05, 4.69) is 25.8 Å². The van der Waals surface area contributed by atoms with Gasteiger partial charge in [0.1, 0.15) is 17.8 Å². The van der Waals surface area contributed by atoms with Gasteiger partial charge in [-0.1, -0.05) is 6.07 Å². The summed E-state index contributed by atoms with van der Waals surface area (Å²) in [4.78, 5) is 19.9. The lowest BCUT2D eigenvalue weighted by molar-refractivity contribution is 0.0949. The third-order valence-electron chi connectivity index (χ3n) is 2.41. The standard InChI is InChI=1S/C11H15N7O/c1-18-7-14-9(17-18)5-6-13-11(19)8-3-2-4-10(15-8)16-12/h2-4,7H,5-6,12H2,1H3,(H,13,19)(H,15,16). The number of carbonyl (C=O) groups is 1. The van der Waals surface area contributed by atoms with Crippen molar-refractivity contribution < 1.29 is 4.79 Å². The molecule has 0 aliphatic carbocycles. The van der Waals surface area contributed by atoms with Crippen molar-refractivity contribution in [2.75, 3.05) is 12.0 Å². The number of anilines is 1. The summed E-state index contributed by atoms with van der Waals surface area (Å²) in [5, 5.41) is 6.87. The fourth-order valence-corrected chi connectivity index (χ4v) is 1.52. The van der Waals surface area contributed by atoms with Crippen LogP contribution in [-0.4, -0.2) is 32.2 Å². The molecule has 0 bridgehead atoms. The molecule has 0 unspecified atom stereocenters. The van der Waals surface area contributed by atoms with Crippen molar-refractivity contribution in [1.29, 1.82) is 0 Å². The van der Waals surface area contributed by atoms with Crippen molar-refractivity contribution in [3.8, 4) is 0 Å².